The molecule has 1 amide bonds. The van der Waals surface area contributed by atoms with Crippen molar-refractivity contribution in [3.8, 4) is 0 Å². The van der Waals surface area contributed by atoms with Crippen LogP contribution in [0.3, 0.4) is 0 Å². The molecule has 5 rings (SSSR count). The van der Waals surface area contributed by atoms with Crippen LogP contribution in [0, 0.1) is 17.3 Å². The predicted molar refractivity (Wildman–Crippen MR) is 102 cm³/mol. The lowest BCUT2D eigenvalue weighted by molar-refractivity contribution is -0.199. The molecule has 2 bridgehead atoms. The number of hydrogen-bond acceptors (Lipinski definition) is 3. The quantitative estimate of drug-likeness (QED) is 0.785. The van der Waals surface area contributed by atoms with Gasteiger partial charge in [-0.1, -0.05) is 44.2 Å². The van der Waals surface area contributed by atoms with Crippen LogP contribution in [0.4, 0.5) is 4.79 Å². The molecule has 0 aromatic heterocycles. The number of halogens is 1. The average Bonchev–Trinajstić information content (AvgIpc) is 2.91. The zero-order valence-corrected chi connectivity index (χ0v) is 16.3. The van der Waals surface area contributed by atoms with E-state index in [0.717, 1.165) is 12.0 Å². The second-order valence-corrected chi connectivity index (χ2v) is 8.58. The summed E-state index contributed by atoms with van der Waals surface area (Å²) in [5, 5.41) is 11.9. The minimum Gasteiger partial charge on any atom is -0.465 e. The van der Waals surface area contributed by atoms with Gasteiger partial charge in [0.2, 0.25) is 0 Å². The summed E-state index contributed by atoms with van der Waals surface area (Å²) in [7, 11) is -0.540. The van der Waals surface area contributed by atoms with Gasteiger partial charge in [0, 0.05) is 0 Å². The number of carbonyl (C=O) groups is 1. The van der Waals surface area contributed by atoms with Crippen LogP contribution in [0.2, 0.25) is 0 Å². The van der Waals surface area contributed by atoms with Gasteiger partial charge in [0.05, 0.1) is 17.6 Å². The molecule has 0 unspecified atom stereocenters. The van der Waals surface area contributed by atoms with Crippen molar-refractivity contribution >= 4 is 25.6 Å². The molecule has 1 aromatic carbocycles. The minimum absolute atomic E-state index is 0. The molecular weight excluding hydrogens is 352 g/mol. The third-order valence-electron chi connectivity index (χ3n) is 6.90. The molecule has 5 atom stereocenters. The van der Waals surface area contributed by atoms with E-state index in [4.69, 9.17) is 9.31 Å². The highest BCUT2D eigenvalue weighted by Crippen LogP contribution is 2.65. The molecule has 142 valence electrons. The zero-order valence-electron chi connectivity index (χ0n) is 15.5. The highest BCUT2D eigenvalue weighted by atomic mass is 35.5. The van der Waals surface area contributed by atoms with Crippen molar-refractivity contribution < 1.29 is 19.2 Å². The molecule has 5 nitrogen and oxygen atoms in total. The topological polar surface area (TPSA) is 67.8 Å². The first-order valence-corrected chi connectivity index (χ1v) is 9.17. The summed E-state index contributed by atoms with van der Waals surface area (Å²) in [6, 6.07) is 9.88. The van der Waals surface area contributed by atoms with Crippen molar-refractivity contribution in [2.24, 2.45) is 17.3 Å². The number of hydrogen-bond donors (Lipinski definition) is 2. The normalized spacial score (nSPS) is 34.9. The molecule has 1 aliphatic heterocycles. The van der Waals surface area contributed by atoms with E-state index in [9.17, 15) is 9.90 Å². The van der Waals surface area contributed by atoms with E-state index in [1.807, 2.05) is 30.3 Å². The van der Waals surface area contributed by atoms with Gasteiger partial charge < -0.3 is 19.7 Å². The molecule has 4 aliphatic rings. The summed E-state index contributed by atoms with van der Waals surface area (Å²) in [5.74, 6) is 0.733. The first-order valence-electron chi connectivity index (χ1n) is 9.17. The number of amides is 1. The summed E-state index contributed by atoms with van der Waals surface area (Å²) < 4.78 is 12.7. The van der Waals surface area contributed by atoms with Gasteiger partial charge in [-0.25, -0.2) is 4.79 Å². The molecule has 26 heavy (non-hydrogen) atoms. The zero-order chi connectivity index (χ0) is 17.8. The third-order valence-corrected chi connectivity index (χ3v) is 6.90. The van der Waals surface area contributed by atoms with E-state index in [0.29, 0.717) is 18.3 Å². The maximum absolute atomic E-state index is 11.3. The number of nitrogens with one attached hydrogen (secondary N) is 1. The molecule has 2 N–H and O–H groups in total. The monoisotopic (exact) mass is 379 g/mol. The SMILES string of the molecule is CC1(C)[C@@H]2C[C@H]3OB([C@H](Cc4ccccc4)NC(=O)O)O[C@@]3(C)[C@H]1C2.Cl. The van der Waals surface area contributed by atoms with E-state index >= 15 is 0 Å². The second kappa shape index (κ2) is 6.73. The standard InChI is InChI=1S/C19H26BNO4.ClH/c1-18(2)13-10-14(18)19(3)15(11-13)24-20(25-19)16(21-17(22)23)9-12-7-5-4-6-8-12;/h4-8,13-16,21H,9-11H2,1-3H3,(H,22,23);1H/t13-,14-,15+,16-,19-;/m0./s1. The number of carboxylic acid groups (broad SMARTS) is 1. The van der Waals surface area contributed by atoms with Crippen molar-refractivity contribution in [1.82, 2.24) is 5.32 Å². The van der Waals surface area contributed by atoms with Crippen LogP contribution in [0.1, 0.15) is 39.2 Å². The summed E-state index contributed by atoms with van der Waals surface area (Å²) in [6.45, 7) is 6.79. The third kappa shape index (κ3) is 3.02. The van der Waals surface area contributed by atoms with Crippen LogP contribution in [0.5, 0.6) is 0 Å². The maximum atomic E-state index is 11.3. The fourth-order valence-corrected chi connectivity index (χ4v) is 5.31. The van der Waals surface area contributed by atoms with E-state index < -0.39 is 19.2 Å². The van der Waals surface area contributed by atoms with E-state index in [1.165, 1.54) is 6.42 Å². The Kier molecular flexibility index (Phi) is 5.06. The van der Waals surface area contributed by atoms with Gasteiger partial charge in [0.1, 0.15) is 0 Å². The van der Waals surface area contributed by atoms with Crippen molar-refractivity contribution in [2.75, 3.05) is 0 Å². The Hall–Kier alpha value is -1.24. The molecule has 3 saturated carbocycles. The molecule has 1 saturated heterocycles. The lowest BCUT2D eigenvalue weighted by Crippen LogP contribution is -2.65. The Morgan fingerprint density at radius 3 is 2.62 bits per heavy atom. The first kappa shape index (κ1) is 19.5. The predicted octanol–water partition coefficient (Wildman–Crippen LogP) is 3.55. The van der Waals surface area contributed by atoms with Crippen LogP contribution < -0.4 is 5.32 Å². The van der Waals surface area contributed by atoms with Crippen LogP contribution in [-0.4, -0.2) is 36.0 Å². The Balaban J connectivity index is 0.00000196. The fourth-order valence-electron chi connectivity index (χ4n) is 5.31. The Labute approximate surface area is 161 Å². The summed E-state index contributed by atoms with van der Waals surface area (Å²) in [5.41, 5.74) is 1.02. The van der Waals surface area contributed by atoms with Gasteiger partial charge in [0.15, 0.2) is 0 Å². The van der Waals surface area contributed by atoms with Crippen molar-refractivity contribution in [1.29, 1.82) is 0 Å². The highest BCUT2D eigenvalue weighted by Gasteiger charge is 2.68. The molecule has 3 aliphatic carbocycles. The van der Waals surface area contributed by atoms with Gasteiger partial charge in [-0.05, 0) is 49.0 Å². The van der Waals surface area contributed by atoms with E-state index in [-0.39, 0.29) is 29.5 Å². The lowest BCUT2D eigenvalue weighted by atomic mass is 9.43. The van der Waals surface area contributed by atoms with Crippen LogP contribution in [0.15, 0.2) is 30.3 Å². The minimum atomic E-state index is -1.04. The molecular formula is C19H27BClNO4. The van der Waals surface area contributed by atoms with Crippen molar-refractivity contribution in [2.45, 2.75) is 57.7 Å². The Morgan fingerprint density at radius 2 is 2.00 bits per heavy atom. The molecule has 7 heteroatoms. The maximum Gasteiger partial charge on any atom is 0.482 e. The number of rotatable bonds is 4. The Morgan fingerprint density at radius 1 is 1.31 bits per heavy atom. The smallest absolute Gasteiger partial charge is 0.465 e. The van der Waals surface area contributed by atoms with Gasteiger partial charge in [0.25, 0.3) is 0 Å². The van der Waals surface area contributed by atoms with Crippen LogP contribution >= 0.6 is 12.4 Å². The lowest BCUT2D eigenvalue weighted by Gasteiger charge is -2.64. The fraction of sp³-hybridized carbons (Fsp3) is 0.632. The van der Waals surface area contributed by atoms with Gasteiger partial charge >= 0.3 is 13.2 Å². The van der Waals surface area contributed by atoms with Gasteiger partial charge in [-0.3, -0.25) is 0 Å². The molecule has 0 radical (unpaired) electrons. The Bertz CT molecular complexity index is 673. The number of benzene rings is 1. The molecule has 1 aromatic rings. The van der Waals surface area contributed by atoms with Gasteiger partial charge in [-0.15, -0.1) is 12.4 Å². The van der Waals surface area contributed by atoms with Crippen molar-refractivity contribution in [3.63, 3.8) is 0 Å². The summed E-state index contributed by atoms with van der Waals surface area (Å²) in [6.07, 6.45) is 1.76. The second-order valence-electron chi connectivity index (χ2n) is 8.58. The average molecular weight is 380 g/mol. The van der Waals surface area contributed by atoms with Crippen LogP contribution in [0.25, 0.3) is 0 Å². The highest BCUT2D eigenvalue weighted by molar-refractivity contribution is 6.47. The summed E-state index contributed by atoms with van der Waals surface area (Å²) >= 11 is 0. The summed E-state index contributed by atoms with van der Waals surface area (Å²) in [4.78, 5) is 11.3. The molecule has 4 fully saturated rings. The van der Waals surface area contributed by atoms with Gasteiger partial charge in [-0.2, -0.15) is 0 Å². The van der Waals surface area contributed by atoms with Crippen molar-refractivity contribution in [3.05, 3.63) is 35.9 Å². The molecule has 1 heterocycles. The first-order chi connectivity index (χ1) is 11.8. The van der Waals surface area contributed by atoms with Crippen LogP contribution in [-0.2, 0) is 15.7 Å². The molecule has 0 spiro atoms. The van der Waals surface area contributed by atoms with E-state index in [1.54, 1.807) is 0 Å². The largest absolute Gasteiger partial charge is 0.482 e. The van der Waals surface area contributed by atoms with E-state index in [2.05, 4.69) is 26.1 Å².